The van der Waals surface area contributed by atoms with E-state index in [1.165, 1.54) is 31.5 Å². The van der Waals surface area contributed by atoms with Gasteiger partial charge in [-0.25, -0.2) is 0 Å². The molecule has 1 aliphatic carbocycles. The zero-order valence-corrected chi connectivity index (χ0v) is 12.6. The maximum Gasteiger partial charge on any atom is 0.143 e. The van der Waals surface area contributed by atoms with Crippen LogP contribution >= 0.6 is 15.9 Å². The van der Waals surface area contributed by atoms with Crippen LogP contribution in [0.1, 0.15) is 64.0 Å². The third-order valence-electron chi connectivity index (χ3n) is 4.11. The first kappa shape index (κ1) is 13.1. The van der Waals surface area contributed by atoms with Crippen LogP contribution in [0, 0.1) is 5.41 Å². The Hall–Kier alpha value is -0.380. The third-order valence-corrected chi connectivity index (χ3v) is 4.61. The van der Waals surface area contributed by atoms with Gasteiger partial charge in [-0.2, -0.15) is 0 Å². The van der Waals surface area contributed by atoms with Crippen LogP contribution in [0.25, 0.3) is 0 Å². The topological polar surface area (TPSA) is 30.7 Å². The summed E-state index contributed by atoms with van der Waals surface area (Å²) in [4.78, 5) is 0. The van der Waals surface area contributed by atoms with Crippen LogP contribution in [0.2, 0.25) is 0 Å². The molecule has 2 rings (SSSR count). The van der Waals surface area contributed by atoms with Gasteiger partial charge >= 0.3 is 0 Å². The lowest BCUT2D eigenvalue weighted by Gasteiger charge is -2.38. The normalized spacial score (nSPS) is 23.9. The molecule has 1 fully saturated rings. The second-order valence-corrected chi connectivity index (χ2v) is 6.20. The minimum Gasteiger partial charge on any atom is -0.314 e. The van der Waals surface area contributed by atoms with Crippen molar-refractivity contribution >= 4 is 15.9 Å². The summed E-state index contributed by atoms with van der Waals surface area (Å²) in [6, 6.07) is 0. The summed E-state index contributed by atoms with van der Waals surface area (Å²) in [5.74, 6) is 2.83. The average Bonchev–Trinajstić information content (AvgIpc) is 2.70. The summed E-state index contributed by atoms with van der Waals surface area (Å²) in [5, 5.41) is 9.57. The fourth-order valence-corrected chi connectivity index (χ4v) is 3.44. The molecule has 1 aromatic rings. The molecule has 0 saturated heterocycles. The average molecular weight is 300 g/mol. The van der Waals surface area contributed by atoms with E-state index in [1.54, 1.807) is 0 Å². The van der Waals surface area contributed by atoms with Gasteiger partial charge in [0.25, 0.3) is 0 Å². The number of rotatable bonds is 3. The fraction of sp³-hybridized carbons (Fsp3) is 0.846. The second kappa shape index (κ2) is 5.09. The van der Waals surface area contributed by atoms with E-state index in [0.29, 0.717) is 11.3 Å². The summed E-state index contributed by atoms with van der Waals surface area (Å²) >= 11 is 3.49. The van der Waals surface area contributed by atoms with E-state index in [9.17, 15) is 0 Å². The van der Waals surface area contributed by atoms with Crippen LogP contribution < -0.4 is 0 Å². The molecule has 1 aliphatic rings. The molecular formula is C13H22BrN3. The monoisotopic (exact) mass is 299 g/mol. The van der Waals surface area contributed by atoms with Crippen LogP contribution in [0.3, 0.4) is 0 Å². The zero-order chi connectivity index (χ0) is 12.5. The molecule has 0 aromatic carbocycles. The van der Waals surface area contributed by atoms with Gasteiger partial charge in [0.15, 0.2) is 0 Å². The molecular weight excluding hydrogens is 278 g/mol. The minimum atomic E-state index is 0.363. The lowest BCUT2D eigenvalue weighted by Crippen LogP contribution is -2.28. The largest absolute Gasteiger partial charge is 0.314 e. The summed E-state index contributed by atoms with van der Waals surface area (Å²) in [6.07, 6.45) is 5.24. The minimum absolute atomic E-state index is 0.363. The second-order valence-electron chi connectivity index (χ2n) is 5.64. The molecule has 0 spiro atoms. The van der Waals surface area contributed by atoms with Gasteiger partial charge in [-0.15, -0.1) is 10.2 Å². The molecule has 17 heavy (non-hydrogen) atoms. The predicted octanol–water partition coefficient (Wildman–Crippen LogP) is 3.88. The van der Waals surface area contributed by atoms with Crippen molar-refractivity contribution in [3.05, 3.63) is 11.6 Å². The van der Waals surface area contributed by atoms with Gasteiger partial charge in [0, 0.05) is 12.5 Å². The highest BCUT2D eigenvalue weighted by molar-refractivity contribution is 9.08. The summed E-state index contributed by atoms with van der Waals surface area (Å²) in [5.41, 5.74) is 0.363. The molecule has 4 heteroatoms. The van der Waals surface area contributed by atoms with E-state index in [2.05, 4.69) is 51.5 Å². The van der Waals surface area contributed by atoms with E-state index < -0.39 is 0 Å². The quantitative estimate of drug-likeness (QED) is 0.793. The Labute approximate surface area is 112 Å². The fourth-order valence-electron chi connectivity index (χ4n) is 3.02. The van der Waals surface area contributed by atoms with E-state index in [-0.39, 0.29) is 0 Å². The number of aromatic nitrogens is 3. The van der Waals surface area contributed by atoms with Crippen molar-refractivity contribution < 1.29 is 0 Å². The van der Waals surface area contributed by atoms with Gasteiger partial charge in [-0.05, 0) is 25.2 Å². The lowest BCUT2D eigenvalue weighted by molar-refractivity contribution is 0.188. The molecule has 0 radical (unpaired) electrons. The maximum atomic E-state index is 4.46. The van der Waals surface area contributed by atoms with Crippen molar-refractivity contribution in [3.8, 4) is 0 Å². The van der Waals surface area contributed by atoms with Crippen molar-refractivity contribution in [2.75, 3.05) is 0 Å². The highest BCUT2D eigenvalue weighted by Crippen LogP contribution is 2.46. The Morgan fingerprint density at radius 2 is 2.12 bits per heavy atom. The smallest absolute Gasteiger partial charge is 0.143 e. The molecule has 0 bridgehead atoms. The third kappa shape index (κ3) is 2.42. The first-order chi connectivity index (χ1) is 8.10. The van der Waals surface area contributed by atoms with Gasteiger partial charge in [0.2, 0.25) is 0 Å². The van der Waals surface area contributed by atoms with Crippen molar-refractivity contribution in [1.29, 1.82) is 0 Å². The number of nitrogens with zero attached hydrogens (tertiary/aromatic N) is 3. The zero-order valence-electron chi connectivity index (χ0n) is 11.0. The van der Waals surface area contributed by atoms with E-state index in [4.69, 9.17) is 0 Å². The van der Waals surface area contributed by atoms with E-state index >= 15 is 0 Å². The summed E-state index contributed by atoms with van der Waals surface area (Å²) in [7, 11) is 0. The van der Waals surface area contributed by atoms with Crippen molar-refractivity contribution in [2.24, 2.45) is 5.41 Å². The predicted molar refractivity (Wildman–Crippen MR) is 73.3 cm³/mol. The Balaban J connectivity index is 2.35. The highest BCUT2D eigenvalue weighted by atomic mass is 79.9. The number of hydrogen-bond acceptors (Lipinski definition) is 2. The van der Waals surface area contributed by atoms with Crippen molar-refractivity contribution in [1.82, 2.24) is 14.8 Å². The van der Waals surface area contributed by atoms with Crippen LogP contribution in [0.15, 0.2) is 0 Å². The Kier molecular flexibility index (Phi) is 3.91. The van der Waals surface area contributed by atoms with Gasteiger partial charge in [-0.3, -0.25) is 0 Å². The molecule has 1 unspecified atom stereocenters. The SMILES string of the molecule is CCn1c(CBr)nnc1C1CCCCC1(C)C. The van der Waals surface area contributed by atoms with Crippen molar-refractivity contribution in [3.63, 3.8) is 0 Å². The van der Waals surface area contributed by atoms with Gasteiger partial charge in [0.05, 0.1) is 5.33 Å². The highest BCUT2D eigenvalue weighted by Gasteiger charge is 2.36. The number of halogens is 1. The molecule has 1 atom stereocenters. The Bertz CT molecular complexity index is 384. The van der Waals surface area contributed by atoms with Gasteiger partial charge < -0.3 is 4.57 Å². The molecule has 96 valence electrons. The molecule has 0 N–H and O–H groups in total. The first-order valence-electron chi connectivity index (χ1n) is 6.58. The molecule has 1 saturated carbocycles. The van der Waals surface area contributed by atoms with Crippen LogP contribution in [0.4, 0.5) is 0 Å². The first-order valence-corrected chi connectivity index (χ1v) is 7.70. The van der Waals surface area contributed by atoms with Crippen molar-refractivity contribution in [2.45, 2.75) is 64.2 Å². The summed E-state index contributed by atoms with van der Waals surface area (Å²) in [6.45, 7) is 7.89. The Morgan fingerprint density at radius 3 is 2.71 bits per heavy atom. The van der Waals surface area contributed by atoms with Crippen LogP contribution in [0.5, 0.6) is 0 Å². The molecule has 3 nitrogen and oxygen atoms in total. The Morgan fingerprint density at radius 1 is 1.35 bits per heavy atom. The summed E-state index contributed by atoms with van der Waals surface area (Å²) < 4.78 is 2.28. The standard InChI is InChI=1S/C13H22BrN3/c1-4-17-11(9-14)15-16-12(17)10-7-5-6-8-13(10,2)3/h10H,4-9H2,1-3H3. The lowest BCUT2D eigenvalue weighted by atomic mass is 9.68. The number of hydrogen-bond donors (Lipinski definition) is 0. The van der Waals surface area contributed by atoms with Gasteiger partial charge in [-0.1, -0.05) is 42.6 Å². The van der Waals surface area contributed by atoms with E-state index in [1.807, 2.05) is 0 Å². The molecule has 0 aliphatic heterocycles. The van der Waals surface area contributed by atoms with Crippen LogP contribution in [-0.4, -0.2) is 14.8 Å². The number of alkyl halides is 1. The van der Waals surface area contributed by atoms with Crippen LogP contribution in [-0.2, 0) is 11.9 Å². The molecule has 1 aromatic heterocycles. The maximum absolute atomic E-state index is 4.46. The van der Waals surface area contributed by atoms with Gasteiger partial charge in [0.1, 0.15) is 11.6 Å². The molecule has 1 heterocycles. The van der Waals surface area contributed by atoms with E-state index in [0.717, 1.165) is 17.7 Å². The molecule has 0 amide bonds.